The fourth-order valence-corrected chi connectivity index (χ4v) is 2.62. The first-order valence-corrected chi connectivity index (χ1v) is 6.45. The standard InChI is InChI=1S/C14H21FN2/c1-3-12-5-4-8-17(12)14-7-6-11(10(2)16)9-13(14)15/h6-7,9-10,12H,3-5,8,16H2,1-2H3/t10-,12?/m1/s1. The highest BCUT2D eigenvalue weighted by atomic mass is 19.1. The Hall–Kier alpha value is -1.09. The summed E-state index contributed by atoms with van der Waals surface area (Å²) in [5, 5.41) is 0. The molecular weight excluding hydrogens is 215 g/mol. The molecule has 0 saturated carbocycles. The molecule has 1 saturated heterocycles. The van der Waals surface area contributed by atoms with Crippen molar-refractivity contribution in [3.63, 3.8) is 0 Å². The smallest absolute Gasteiger partial charge is 0.146 e. The van der Waals surface area contributed by atoms with Crippen LogP contribution in [0.2, 0.25) is 0 Å². The SMILES string of the molecule is CCC1CCCN1c1ccc([C@@H](C)N)cc1F. The van der Waals surface area contributed by atoms with Crippen LogP contribution in [0, 0.1) is 5.82 Å². The van der Waals surface area contributed by atoms with Gasteiger partial charge >= 0.3 is 0 Å². The average Bonchev–Trinajstić information content (AvgIpc) is 2.76. The fourth-order valence-electron chi connectivity index (χ4n) is 2.62. The Morgan fingerprint density at radius 1 is 1.53 bits per heavy atom. The molecule has 0 aromatic heterocycles. The van der Waals surface area contributed by atoms with E-state index >= 15 is 0 Å². The van der Waals surface area contributed by atoms with Gasteiger partial charge in [0.25, 0.3) is 0 Å². The molecule has 0 bridgehead atoms. The molecule has 0 aliphatic carbocycles. The highest BCUT2D eigenvalue weighted by Crippen LogP contribution is 2.30. The van der Waals surface area contributed by atoms with Gasteiger partial charge in [-0.1, -0.05) is 13.0 Å². The molecule has 1 aliphatic heterocycles. The second kappa shape index (κ2) is 5.05. The van der Waals surface area contributed by atoms with E-state index in [1.807, 2.05) is 19.1 Å². The molecule has 94 valence electrons. The van der Waals surface area contributed by atoms with Crippen LogP contribution in [0.25, 0.3) is 0 Å². The third kappa shape index (κ3) is 2.44. The van der Waals surface area contributed by atoms with E-state index in [0.717, 1.165) is 30.6 Å². The minimum absolute atomic E-state index is 0.112. The molecular formula is C14H21FN2. The molecule has 0 radical (unpaired) electrons. The predicted molar refractivity (Wildman–Crippen MR) is 69.7 cm³/mol. The van der Waals surface area contributed by atoms with Crippen molar-refractivity contribution >= 4 is 5.69 Å². The Kier molecular flexibility index (Phi) is 3.67. The van der Waals surface area contributed by atoms with Crippen LogP contribution in [0.5, 0.6) is 0 Å². The number of rotatable bonds is 3. The normalized spacial score (nSPS) is 21.9. The van der Waals surface area contributed by atoms with Gasteiger partial charge in [-0.3, -0.25) is 0 Å². The molecule has 1 aromatic rings. The van der Waals surface area contributed by atoms with Gasteiger partial charge in [0.15, 0.2) is 0 Å². The average molecular weight is 236 g/mol. The van der Waals surface area contributed by atoms with E-state index in [9.17, 15) is 4.39 Å². The van der Waals surface area contributed by atoms with E-state index in [-0.39, 0.29) is 11.9 Å². The first-order chi connectivity index (χ1) is 8.13. The van der Waals surface area contributed by atoms with Crippen molar-refractivity contribution in [3.8, 4) is 0 Å². The number of hydrogen-bond donors (Lipinski definition) is 1. The van der Waals surface area contributed by atoms with E-state index in [0.29, 0.717) is 6.04 Å². The summed E-state index contributed by atoms with van der Waals surface area (Å²) < 4.78 is 14.1. The zero-order valence-electron chi connectivity index (χ0n) is 10.6. The number of halogens is 1. The lowest BCUT2D eigenvalue weighted by molar-refractivity contribution is 0.594. The van der Waals surface area contributed by atoms with Gasteiger partial charge in [0.1, 0.15) is 5.82 Å². The van der Waals surface area contributed by atoms with Crippen LogP contribution in [-0.4, -0.2) is 12.6 Å². The van der Waals surface area contributed by atoms with E-state index < -0.39 is 0 Å². The van der Waals surface area contributed by atoms with Crippen molar-refractivity contribution < 1.29 is 4.39 Å². The highest BCUT2D eigenvalue weighted by Gasteiger charge is 2.25. The first-order valence-electron chi connectivity index (χ1n) is 6.45. The number of anilines is 1. The summed E-state index contributed by atoms with van der Waals surface area (Å²) in [5.74, 6) is -0.139. The summed E-state index contributed by atoms with van der Waals surface area (Å²) in [6.45, 7) is 5.00. The van der Waals surface area contributed by atoms with Crippen molar-refractivity contribution in [3.05, 3.63) is 29.6 Å². The Morgan fingerprint density at radius 2 is 2.29 bits per heavy atom. The van der Waals surface area contributed by atoms with E-state index in [1.54, 1.807) is 6.07 Å². The molecule has 0 spiro atoms. The van der Waals surface area contributed by atoms with Crippen LogP contribution in [0.1, 0.15) is 44.7 Å². The third-order valence-corrected chi connectivity index (χ3v) is 3.66. The lowest BCUT2D eigenvalue weighted by Gasteiger charge is -2.26. The van der Waals surface area contributed by atoms with Crippen molar-refractivity contribution in [2.45, 2.75) is 45.2 Å². The van der Waals surface area contributed by atoms with Gasteiger partial charge < -0.3 is 10.6 Å². The monoisotopic (exact) mass is 236 g/mol. The van der Waals surface area contributed by atoms with Crippen molar-refractivity contribution in [1.82, 2.24) is 0 Å². The summed E-state index contributed by atoms with van der Waals surface area (Å²) in [6.07, 6.45) is 3.41. The van der Waals surface area contributed by atoms with Gasteiger partial charge in [-0.15, -0.1) is 0 Å². The molecule has 1 aliphatic rings. The van der Waals surface area contributed by atoms with Crippen LogP contribution in [0.15, 0.2) is 18.2 Å². The number of benzene rings is 1. The van der Waals surface area contributed by atoms with Gasteiger partial charge in [0.2, 0.25) is 0 Å². The number of nitrogens with two attached hydrogens (primary N) is 1. The number of hydrogen-bond acceptors (Lipinski definition) is 2. The topological polar surface area (TPSA) is 29.3 Å². The van der Waals surface area contributed by atoms with Gasteiger partial charge in [-0.25, -0.2) is 4.39 Å². The molecule has 17 heavy (non-hydrogen) atoms. The quantitative estimate of drug-likeness (QED) is 0.873. The summed E-state index contributed by atoms with van der Waals surface area (Å²) in [5.41, 5.74) is 7.35. The Labute approximate surface area is 103 Å². The molecule has 1 heterocycles. The summed E-state index contributed by atoms with van der Waals surface area (Å²) >= 11 is 0. The minimum Gasteiger partial charge on any atom is -0.366 e. The van der Waals surface area contributed by atoms with Crippen molar-refractivity contribution in [2.24, 2.45) is 5.73 Å². The predicted octanol–water partition coefficient (Wildman–Crippen LogP) is 3.22. The van der Waals surface area contributed by atoms with Crippen molar-refractivity contribution in [2.75, 3.05) is 11.4 Å². The van der Waals surface area contributed by atoms with Crippen molar-refractivity contribution in [1.29, 1.82) is 0 Å². The molecule has 1 fully saturated rings. The highest BCUT2D eigenvalue weighted by molar-refractivity contribution is 5.51. The Bertz CT molecular complexity index is 390. The summed E-state index contributed by atoms with van der Waals surface area (Å²) in [6, 6.07) is 5.77. The van der Waals surface area contributed by atoms with E-state index in [4.69, 9.17) is 5.73 Å². The maximum absolute atomic E-state index is 14.1. The van der Waals surface area contributed by atoms with Gasteiger partial charge in [-0.2, -0.15) is 0 Å². The molecule has 2 nitrogen and oxygen atoms in total. The lowest BCUT2D eigenvalue weighted by Crippen LogP contribution is -2.29. The van der Waals surface area contributed by atoms with E-state index in [1.165, 1.54) is 6.42 Å². The summed E-state index contributed by atoms with van der Waals surface area (Å²) in [7, 11) is 0. The number of nitrogens with zero attached hydrogens (tertiary/aromatic N) is 1. The van der Waals surface area contributed by atoms with Crippen LogP contribution < -0.4 is 10.6 Å². The first kappa shape index (κ1) is 12.4. The minimum atomic E-state index is -0.139. The molecule has 2 N–H and O–H groups in total. The molecule has 2 atom stereocenters. The van der Waals surface area contributed by atoms with Gasteiger partial charge in [0, 0.05) is 18.6 Å². The molecule has 2 rings (SSSR count). The zero-order chi connectivity index (χ0) is 12.4. The maximum atomic E-state index is 14.1. The largest absolute Gasteiger partial charge is 0.366 e. The second-order valence-electron chi connectivity index (χ2n) is 4.90. The zero-order valence-corrected chi connectivity index (χ0v) is 10.6. The van der Waals surface area contributed by atoms with Crippen LogP contribution >= 0.6 is 0 Å². The Balaban J connectivity index is 2.27. The third-order valence-electron chi connectivity index (χ3n) is 3.66. The molecule has 1 unspecified atom stereocenters. The molecule has 1 aromatic carbocycles. The summed E-state index contributed by atoms with van der Waals surface area (Å²) in [4.78, 5) is 2.19. The molecule has 3 heteroatoms. The second-order valence-corrected chi connectivity index (χ2v) is 4.90. The van der Waals surface area contributed by atoms with Crippen LogP contribution in [0.3, 0.4) is 0 Å². The van der Waals surface area contributed by atoms with Gasteiger partial charge in [0.05, 0.1) is 5.69 Å². The van der Waals surface area contributed by atoms with Gasteiger partial charge in [-0.05, 0) is 43.9 Å². The van der Waals surface area contributed by atoms with Crippen LogP contribution in [0.4, 0.5) is 10.1 Å². The lowest BCUT2D eigenvalue weighted by atomic mass is 10.1. The van der Waals surface area contributed by atoms with Crippen LogP contribution in [-0.2, 0) is 0 Å². The molecule has 0 amide bonds. The van der Waals surface area contributed by atoms with E-state index in [2.05, 4.69) is 11.8 Å². The Morgan fingerprint density at radius 3 is 2.88 bits per heavy atom. The maximum Gasteiger partial charge on any atom is 0.146 e. The fraction of sp³-hybridized carbons (Fsp3) is 0.571.